The van der Waals surface area contributed by atoms with Crippen LogP contribution in [0.25, 0.3) is 0 Å². The molecule has 0 aliphatic heterocycles. The van der Waals surface area contributed by atoms with Gasteiger partial charge < -0.3 is 15.4 Å². The van der Waals surface area contributed by atoms with E-state index in [4.69, 9.17) is 4.74 Å². The van der Waals surface area contributed by atoms with Crippen molar-refractivity contribution in [3.05, 3.63) is 72.3 Å². The van der Waals surface area contributed by atoms with E-state index in [-0.39, 0.29) is 11.6 Å². The van der Waals surface area contributed by atoms with Crippen molar-refractivity contribution >= 4 is 17.5 Å². The molecule has 0 saturated heterocycles. The molecular formula is C18H17N5O2. The molecule has 0 bridgehead atoms. The van der Waals surface area contributed by atoms with Crippen molar-refractivity contribution in [2.75, 3.05) is 17.7 Å². The highest BCUT2D eigenvalue weighted by atomic mass is 16.5. The summed E-state index contributed by atoms with van der Waals surface area (Å²) in [5, 5.41) is 5.84. The van der Waals surface area contributed by atoms with Crippen LogP contribution in [0, 0.1) is 0 Å². The number of amides is 1. The van der Waals surface area contributed by atoms with Gasteiger partial charge in [0.2, 0.25) is 5.95 Å². The van der Waals surface area contributed by atoms with E-state index in [1.54, 1.807) is 31.5 Å². The summed E-state index contributed by atoms with van der Waals surface area (Å²) in [7, 11) is 1.55. The van der Waals surface area contributed by atoms with Gasteiger partial charge in [-0.15, -0.1) is 0 Å². The summed E-state index contributed by atoms with van der Waals surface area (Å²) >= 11 is 0. The number of aromatic nitrogens is 3. The molecule has 2 heterocycles. The van der Waals surface area contributed by atoms with E-state index in [1.165, 1.54) is 6.20 Å². The summed E-state index contributed by atoms with van der Waals surface area (Å²) in [6, 6.07) is 14.4. The van der Waals surface area contributed by atoms with Gasteiger partial charge in [0.05, 0.1) is 25.0 Å². The van der Waals surface area contributed by atoms with Crippen LogP contribution >= 0.6 is 0 Å². The van der Waals surface area contributed by atoms with Crippen LogP contribution in [0.5, 0.6) is 5.75 Å². The number of hydrogen-bond donors (Lipinski definition) is 2. The Bertz CT molecular complexity index is 855. The summed E-state index contributed by atoms with van der Waals surface area (Å²) in [6.45, 7) is 0.471. The molecule has 0 fully saturated rings. The lowest BCUT2D eigenvalue weighted by Crippen LogP contribution is -2.16. The van der Waals surface area contributed by atoms with E-state index in [9.17, 15) is 4.79 Å². The Balaban J connectivity index is 1.69. The van der Waals surface area contributed by atoms with Crippen LogP contribution in [-0.4, -0.2) is 28.0 Å². The number of hydrogen-bond acceptors (Lipinski definition) is 6. The van der Waals surface area contributed by atoms with Crippen molar-refractivity contribution in [1.82, 2.24) is 15.0 Å². The second kappa shape index (κ2) is 7.87. The third-order valence-electron chi connectivity index (χ3n) is 3.40. The van der Waals surface area contributed by atoms with Crippen LogP contribution in [0.3, 0.4) is 0 Å². The SMILES string of the molecule is COc1ccccc1NC(=O)c1ccnc(NCc2ccccn2)n1. The van der Waals surface area contributed by atoms with Crippen LogP contribution in [0.1, 0.15) is 16.2 Å². The lowest BCUT2D eigenvalue weighted by atomic mass is 10.2. The molecule has 0 unspecified atom stereocenters. The largest absolute Gasteiger partial charge is 0.495 e. The molecular weight excluding hydrogens is 318 g/mol. The van der Waals surface area contributed by atoms with Gasteiger partial charge in [-0.25, -0.2) is 9.97 Å². The minimum absolute atomic E-state index is 0.254. The fourth-order valence-electron chi connectivity index (χ4n) is 2.18. The second-order valence-corrected chi connectivity index (χ2v) is 5.09. The highest BCUT2D eigenvalue weighted by Gasteiger charge is 2.11. The minimum atomic E-state index is -0.340. The Morgan fingerprint density at radius 2 is 1.88 bits per heavy atom. The Labute approximate surface area is 145 Å². The third kappa shape index (κ3) is 4.29. The molecule has 126 valence electrons. The number of pyridine rings is 1. The van der Waals surface area contributed by atoms with Gasteiger partial charge in [-0.2, -0.15) is 0 Å². The average Bonchev–Trinajstić information content (AvgIpc) is 2.68. The summed E-state index contributed by atoms with van der Waals surface area (Å²) in [6.07, 6.45) is 3.25. The number of ether oxygens (including phenoxy) is 1. The molecule has 7 heteroatoms. The molecule has 0 atom stereocenters. The van der Waals surface area contributed by atoms with Crippen LogP contribution in [0.4, 0.5) is 11.6 Å². The summed E-state index contributed by atoms with van der Waals surface area (Å²) in [5.74, 6) is 0.601. The van der Waals surface area contributed by atoms with E-state index in [0.717, 1.165) is 5.69 Å². The van der Waals surface area contributed by atoms with Crippen LogP contribution in [-0.2, 0) is 6.54 Å². The van der Waals surface area contributed by atoms with Gasteiger partial charge in [-0.3, -0.25) is 9.78 Å². The van der Waals surface area contributed by atoms with Crippen molar-refractivity contribution in [1.29, 1.82) is 0 Å². The molecule has 7 nitrogen and oxygen atoms in total. The van der Waals surface area contributed by atoms with E-state index < -0.39 is 0 Å². The Morgan fingerprint density at radius 1 is 1.04 bits per heavy atom. The zero-order valence-corrected chi connectivity index (χ0v) is 13.6. The number of rotatable bonds is 6. The van der Waals surface area contributed by atoms with Gasteiger partial charge >= 0.3 is 0 Å². The van der Waals surface area contributed by atoms with Gasteiger partial charge in [0.1, 0.15) is 11.4 Å². The zero-order valence-electron chi connectivity index (χ0n) is 13.6. The molecule has 2 aromatic heterocycles. The first kappa shape index (κ1) is 16.4. The van der Waals surface area contributed by atoms with Crippen molar-refractivity contribution in [2.45, 2.75) is 6.54 Å². The third-order valence-corrected chi connectivity index (χ3v) is 3.40. The summed E-state index contributed by atoms with van der Waals surface area (Å²) in [5.41, 5.74) is 1.69. The molecule has 3 rings (SSSR count). The maximum Gasteiger partial charge on any atom is 0.274 e. The Morgan fingerprint density at radius 3 is 2.68 bits per heavy atom. The van der Waals surface area contributed by atoms with Crippen molar-refractivity contribution in [3.63, 3.8) is 0 Å². The van der Waals surface area contributed by atoms with E-state index in [2.05, 4.69) is 25.6 Å². The molecule has 0 spiro atoms. The van der Waals surface area contributed by atoms with Crippen LogP contribution in [0.15, 0.2) is 60.9 Å². The molecule has 0 aliphatic rings. The highest BCUT2D eigenvalue weighted by molar-refractivity contribution is 6.03. The number of carbonyl (C=O) groups excluding carboxylic acids is 1. The van der Waals surface area contributed by atoms with Gasteiger partial charge in [-0.05, 0) is 30.3 Å². The van der Waals surface area contributed by atoms with Crippen LogP contribution in [0.2, 0.25) is 0 Å². The van der Waals surface area contributed by atoms with Crippen molar-refractivity contribution in [3.8, 4) is 5.75 Å². The van der Waals surface area contributed by atoms with E-state index >= 15 is 0 Å². The van der Waals surface area contributed by atoms with Gasteiger partial charge in [-0.1, -0.05) is 18.2 Å². The summed E-state index contributed by atoms with van der Waals surface area (Å²) in [4.78, 5) is 25.0. The maximum atomic E-state index is 12.4. The smallest absolute Gasteiger partial charge is 0.274 e. The molecule has 2 N–H and O–H groups in total. The first-order valence-electron chi connectivity index (χ1n) is 7.67. The van der Waals surface area contributed by atoms with Crippen molar-refractivity contribution in [2.24, 2.45) is 0 Å². The minimum Gasteiger partial charge on any atom is -0.495 e. The molecule has 0 saturated carbocycles. The number of anilines is 2. The van der Waals surface area contributed by atoms with E-state index in [1.807, 2.05) is 30.3 Å². The molecule has 0 radical (unpaired) electrons. The quantitative estimate of drug-likeness (QED) is 0.720. The predicted molar refractivity (Wildman–Crippen MR) is 94.5 cm³/mol. The van der Waals surface area contributed by atoms with Gasteiger partial charge in [0.15, 0.2) is 0 Å². The standard InChI is InChI=1S/C18H17N5O2/c1-25-16-8-3-2-7-14(16)22-17(24)15-9-11-20-18(23-15)21-12-13-6-4-5-10-19-13/h2-11H,12H2,1H3,(H,22,24)(H,20,21,23). The van der Waals surface area contributed by atoms with Gasteiger partial charge in [0, 0.05) is 12.4 Å². The number of nitrogens with one attached hydrogen (secondary N) is 2. The Hall–Kier alpha value is -3.48. The first-order valence-corrected chi connectivity index (χ1v) is 7.67. The molecule has 0 aliphatic carbocycles. The normalized spacial score (nSPS) is 10.1. The Kier molecular flexibility index (Phi) is 5.16. The van der Waals surface area contributed by atoms with E-state index in [0.29, 0.717) is 23.9 Å². The maximum absolute atomic E-state index is 12.4. The summed E-state index contributed by atoms with van der Waals surface area (Å²) < 4.78 is 5.23. The predicted octanol–water partition coefficient (Wildman–Crippen LogP) is 2.74. The number of para-hydroxylation sites is 2. The average molecular weight is 335 g/mol. The number of nitrogens with zero attached hydrogens (tertiary/aromatic N) is 3. The lowest BCUT2D eigenvalue weighted by molar-refractivity contribution is 0.102. The zero-order chi connectivity index (χ0) is 17.5. The number of methoxy groups -OCH3 is 1. The van der Waals surface area contributed by atoms with Crippen LogP contribution < -0.4 is 15.4 Å². The van der Waals surface area contributed by atoms with Crippen molar-refractivity contribution < 1.29 is 9.53 Å². The second-order valence-electron chi connectivity index (χ2n) is 5.09. The highest BCUT2D eigenvalue weighted by Crippen LogP contribution is 2.23. The molecule has 25 heavy (non-hydrogen) atoms. The number of carbonyl (C=O) groups is 1. The first-order chi connectivity index (χ1) is 12.3. The molecule has 1 amide bonds. The fourth-order valence-corrected chi connectivity index (χ4v) is 2.18. The topological polar surface area (TPSA) is 89.0 Å². The molecule has 3 aromatic rings. The van der Waals surface area contributed by atoms with Gasteiger partial charge in [0.25, 0.3) is 5.91 Å². The fraction of sp³-hybridized carbons (Fsp3) is 0.111. The number of benzene rings is 1. The monoisotopic (exact) mass is 335 g/mol. The molecule has 1 aromatic carbocycles. The lowest BCUT2D eigenvalue weighted by Gasteiger charge is -2.10.